The first-order valence-electron chi connectivity index (χ1n) is 3.46. The van der Waals surface area contributed by atoms with Gasteiger partial charge in [-0.05, 0) is 11.8 Å². The van der Waals surface area contributed by atoms with Crippen molar-refractivity contribution in [3.8, 4) is 0 Å². The Labute approximate surface area is 70.1 Å². The van der Waals surface area contributed by atoms with Crippen LogP contribution >= 0.6 is 11.8 Å². The van der Waals surface area contributed by atoms with Gasteiger partial charge < -0.3 is 10.0 Å². The second-order valence-electron chi connectivity index (χ2n) is 2.29. The molecule has 0 aliphatic carbocycles. The molecule has 0 fully saturated rings. The van der Waals surface area contributed by atoms with Gasteiger partial charge in [0.05, 0.1) is 4.91 Å². The summed E-state index contributed by atoms with van der Waals surface area (Å²) in [6, 6.07) is 0. The number of likely N-dealkylation sites (N-methyl/N-ethyl adjacent to an activating group) is 1. The summed E-state index contributed by atoms with van der Waals surface area (Å²) >= 11 is 1.46. The Balaban J connectivity index is 2.67. The number of carbonyl (C=O) groups is 1. The number of carbonyl (C=O) groups excluding carboxylic acids is 1. The van der Waals surface area contributed by atoms with Crippen LogP contribution in [-0.4, -0.2) is 34.9 Å². The van der Waals surface area contributed by atoms with Crippen LogP contribution in [0.2, 0.25) is 0 Å². The van der Waals surface area contributed by atoms with Crippen molar-refractivity contribution in [1.29, 1.82) is 0 Å². The summed E-state index contributed by atoms with van der Waals surface area (Å²) in [7, 11) is 1.59. The molecule has 1 heterocycles. The van der Waals surface area contributed by atoms with Crippen molar-refractivity contribution in [3.63, 3.8) is 0 Å². The molecule has 0 radical (unpaired) electrons. The summed E-state index contributed by atoms with van der Waals surface area (Å²) in [6.45, 7) is 1.98. The Hall–Kier alpha value is -0.480. The minimum absolute atomic E-state index is 0.0793. The molecular weight excluding hydrogens is 162 g/mol. The maximum absolute atomic E-state index is 11.2. The SMILES string of the molecule is CCSC1=CC(O)N(C)C1=O. The molecular formula is C7H11NO2S. The molecule has 11 heavy (non-hydrogen) atoms. The van der Waals surface area contributed by atoms with Gasteiger partial charge >= 0.3 is 0 Å². The fraction of sp³-hybridized carbons (Fsp3) is 0.571. The van der Waals surface area contributed by atoms with Gasteiger partial charge in [0.15, 0.2) is 0 Å². The van der Waals surface area contributed by atoms with E-state index in [1.54, 1.807) is 13.1 Å². The van der Waals surface area contributed by atoms with Crippen molar-refractivity contribution in [2.75, 3.05) is 12.8 Å². The Morgan fingerprint density at radius 1 is 1.82 bits per heavy atom. The molecule has 0 spiro atoms. The molecule has 62 valence electrons. The molecule has 0 saturated carbocycles. The van der Waals surface area contributed by atoms with Crippen molar-refractivity contribution in [2.45, 2.75) is 13.2 Å². The van der Waals surface area contributed by atoms with Crippen LogP contribution in [0.4, 0.5) is 0 Å². The molecule has 1 rings (SSSR count). The Morgan fingerprint density at radius 3 is 2.82 bits per heavy atom. The number of aliphatic hydroxyl groups is 1. The monoisotopic (exact) mass is 173 g/mol. The molecule has 1 atom stereocenters. The first-order valence-corrected chi connectivity index (χ1v) is 4.45. The molecule has 0 aromatic heterocycles. The minimum atomic E-state index is -0.725. The summed E-state index contributed by atoms with van der Waals surface area (Å²) in [4.78, 5) is 13.2. The third-order valence-corrected chi connectivity index (χ3v) is 2.44. The topological polar surface area (TPSA) is 40.5 Å². The summed E-state index contributed by atoms with van der Waals surface area (Å²) in [6.07, 6.45) is 0.854. The molecule has 3 nitrogen and oxygen atoms in total. The third-order valence-electron chi connectivity index (χ3n) is 1.53. The predicted octanol–water partition coefficient (Wildman–Crippen LogP) is 0.414. The average molecular weight is 173 g/mol. The van der Waals surface area contributed by atoms with Gasteiger partial charge in [-0.25, -0.2) is 0 Å². The van der Waals surface area contributed by atoms with Crippen LogP contribution in [0.1, 0.15) is 6.92 Å². The molecule has 0 aromatic carbocycles. The maximum atomic E-state index is 11.2. The number of aliphatic hydroxyl groups excluding tert-OH is 1. The molecule has 1 aliphatic rings. The predicted molar refractivity (Wildman–Crippen MR) is 45.0 cm³/mol. The lowest BCUT2D eigenvalue weighted by atomic mass is 10.5. The van der Waals surface area contributed by atoms with Crippen LogP contribution < -0.4 is 0 Å². The standard InChI is InChI=1S/C7H11NO2S/c1-3-11-5-4-6(9)8(2)7(5)10/h4,6,9H,3H2,1-2H3. The van der Waals surface area contributed by atoms with Crippen molar-refractivity contribution in [1.82, 2.24) is 4.90 Å². The number of hydrogen-bond donors (Lipinski definition) is 1. The van der Waals surface area contributed by atoms with Crippen LogP contribution in [-0.2, 0) is 4.79 Å². The molecule has 1 aliphatic heterocycles. The Kier molecular flexibility index (Phi) is 2.57. The van der Waals surface area contributed by atoms with Crippen molar-refractivity contribution < 1.29 is 9.90 Å². The highest BCUT2D eigenvalue weighted by molar-refractivity contribution is 8.03. The fourth-order valence-electron chi connectivity index (χ4n) is 0.878. The highest BCUT2D eigenvalue weighted by Gasteiger charge is 2.27. The van der Waals surface area contributed by atoms with Gasteiger partial charge in [-0.1, -0.05) is 6.92 Å². The molecule has 4 heteroatoms. The van der Waals surface area contributed by atoms with E-state index in [0.29, 0.717) is 4.91 Å². The zero-order valence-electron chi connectivity index (χ0n) is 6.57. The quantitative estimate of drug-likeness (QED) is 0.657. The number of amides is 1. The van der Waals surface area contributed by atoms with E-state index in [1.165, 1.54) is 16.7 Å². The van der Waals surface area contributed by atoms with Gasteiger partial charge in [0.1, 0.15) is 6.23 Å². The number of nitrogens with zero attached hydrogens (tertiary/aromatic N) is 1. The minimum Gasteiger partial charge on any atom is -0.370 e. The molecule has 1 unspecified atom stereocenters. The van der Waals surface area contributed by atoms with E-state index in [1.807, 2.05) is 6.92 Å². The lowest BCUT2D eigenvalue weighted by Crippen LogP contribution is -2.29. The van der Waals surface area contributed by atoms with Crippen LogP contribution in [0.15, 0.2) is 11.0 Å². The number of hydrogen-bond acceptors (Lipinski definition) is 3. The largest absolute Gasteiger partial charge is 0.370 e. The molecule has 1 amide bonds. The molecule has 0 aromatic rings. The van der Waals surface area contributed by atoms with E-state index < -0.39 is 6.23 Å². The van der Waals surface area contributed by atoms with E-state index in [9.17, 15) is 9.90 Å². The van der Waals surface area contributed by atoms with Crippen LogP contribution in [0.5, 0.6) is 0 Å². The lowest BCUT2D eigenvalue weighted by Gasteiger charge is -2.12. The second kappa shape index (κ2) is 3.28. The van der Waals surface area contributed by atoms with Gasteiger partial charge in [0.25, 0.3) is 5.91 Å². The zero-order chi connectivity index (χ0) is 8.43. The maximum Gasteiger partial charge on any atom is 0.262 e. The van der Waals surface area contributed by atoms with E-state index in [-0.39, 0.29) is 5.91 Å². The van der Waals surface area contributed by atoms with Crippen molar-refractivity contribution in [3.05, 3.63) is 11.0 Å². The van der Waals surface area contributed by atoms with Gasteiger partial charge in [0.2, 0.25) is 0 Å². The van der Waals surface area contributed by atoms with E-state index in [2.05, 4.69) is 0 Å². The first-order chi connectivity index (χ1) is 5.16. The smallest absolute Gasteiger partial charge is 0.262 e. The lowest BCUT2D eigenvalue weighted by molar-refractivity contribution is -0.129. The first kappa shape index (κ1) is 8.62. The van der Waals surface area contributed by atoms with Gasteiger partial charge in [-0.3, -0.25) is 4.79 Å². The summed E-state index contributed by atoms with van der Waals surface area (Å²) < 4.78 is 0. The van der Waals surface area contributed by atoms with E-state index in [0.717, 1.165) is 5.75 Å². The van der Waals surface area contributed by atoms with Gasteiger partial charge in [-0.2, -0.15) is 0 Å². The van der Waals surface area contributed by atoms with Crippen LogP contribution in [0.3, 0.4) is 0 Å². The normalized spacial score (nSPS) is 24.3. The van der Waals surface area contributed by atoms with E-state index in [4.69, 9.17) is 0 Å². The van der Waals surface area contributed by atoms with Crippen molar-refractivity contribution in [2.24, 2.45) is 0 Å². The van der Waals surface area contributed by atoms with Crippen LogP contribution in [0, 0.1) is 0 Å². The fourth-order valence-corrected chi connectivity index (χ4v) is 1.67. The van der Waals surface area contributed by atoms with Gasteiger partial charge in [-0.15, -0.1) is 11.8 Å². The third kappa shape index (κ3) is 1.57. The number of rotatable bonds is 2. The zero-order valence-corrected chi connectivity index (χ0v) is 7.39. The molecule has 1 N–H and O–H groups in total. The van der Waals surface area contributed by atoms with Gasteiger partial charge in [0, 0.05) is 7.05 Å². The second-order valence-corrected chi connectivity index (χ2v) is 3.60. The Bertz CT molecular complexity index is 203. The summed E-state index contributed by atoms with van der Waals surface area (Å²) in [5.74, 6) is 0.780. The van der Waals surface area contributed by atoms with Crippen molar-refractivity contribution >= 4 is 17.7 Å². The Morgan fingerprint density at radius 2 is 2.45 bits per heavy atom. The highest BCUT2D eigenvalue weighted by atomic mass is 32.2. The molecule has 0 saturated heterocycles. The summed E-state index contributed by atoms with van der Waals surface area (Å²) in [5, 5.41) is 9.18. The van der Waals surface area contributed by atoms with Crippen LogP contribution in [0.25, 0.3) is 0 Å². The van der Waals surface area contributed by atoms with E-state index >= 15 is 0 Å². The average Bonchev–Trinajstić information content (AvgIpc) is 2.19. The summed E-state index contributed by atoms with van der Waals surface area (Å²) in [5.41, 5.74) is 0. The number of thioether (sulfide) groups is 1. The highest BCUT2D eigenvalue weighted by Crippen LogP contribution is 2.24. The molecule has 0 bridgehead atoms.